The minimum Gasteiger partial charge on any atom is -0.462 e. The molecular formula is C50H90O15. The number of hydrogen-bond donors (Lipinski definition) is 7. The molecule has 2 saturated heterocycles. The van der Waals surface area contributed by atoms with Gasteiger partial charge >= 0.3 is 11.9 Å². The third kappa shape index (κ3) is 26.4. The second kappa shape index (κ2) is 37.9. The molecule has 2 rings (SSSR count). The van der Waals surface area contributed by atoms with Gasteiger partial charge < -0.3 is 64.2 Å². The first-order valence-electron chi connectivity index (χ1n) is 25.4. The number of rotatable bonds is 39. The van der Waals surface area contributed by atoms with Gasteiger partial charge in [-0.25, -0.2) is 0 Å². The molecule has 0 aromatic rings. The van der Waals surface area contributed by atoms with Gasteiger partial charge in [0.25, 0.3) is 0 Å². The normalized spacial score (nSPS) is 26.5. The molecule has 4 unspecified atom stereocenters. The van der Waals surface area contributed by atoms with Gasteiger partial charge in [-0.2, -0.15) is 0 Å². The Balaban J connectivity index is 1.81. The Kier molecular flexibility index (Phi) is 34.5. The molecule has 2 aliphatic rings. The third-order valence-corrected chi connectivity index (χ3v) is 12.2. The van der Waals surface area contributed by atoms with Gasteiger partial charge in [0.1, 0.15) is 55.4 Å². The molecule has 380 valence electrons. The standard InChI is InChI=1S/C50H90O15/c1-3-5-7-9-11-13-15-17-18-19-20-21-23-24-26-28-30-32-41(52)60-35-38(63-42(53)33-31-29-27-25-22-16-14-12-10-8-6-4-2)36-61-49-48(59)46(57)44(55)40(65-49)37-62-50-47(58)45(56)43(54)39(34-51)64-50/h11,13,17-18,38-40,43-51,54-59H,3-10,12,14-16,19-37H2,1-2H3/b13-11+,18-17+/t38-,39+,40+,43-,44-,45?,46?,47?,48?,49+,50+/m0/s1. The van der Waals surface area contributed by atoms with E-state index >= 15 is 0 Å². The van der Waals surface area contributed by atoms with Gasteiger partial charge in [-0.1, -0.05) is 154 Å². The fourth-order valence-electron chi connectivity index (χ4n) is 7.95. The van der Waals surface area contributed by atoms with Crippen LogP contribution in [0.2, 0.25) is 0 Å². The van der Waals surface area contributed by atoms with Crippen LogP contribution < -0.4 is 0 Å². The molecule has 0 amide bonds. The largest absolute Gasteiger partial charge is 0.462 e. The van der Waals surface area contributed by atoms with Crippen molar-refractivity contribution in [2.75, 3.05) is 26.4 Å². The average molecular weight is 931 g/mol. The predicted molar refractivity (Wildman–Crippen MR) is 247 cm³/mol. The first-order chi connectivity index (χ1) is 31.5. The van der Waals surface area contributed by atoms with E-state index in [4.69, 9.17) is 28.4 Å². The van der Waals surface area contributed by atoms with E-state index in [9.17, 15) is 45.3 Å². The van der Waals surface area contributed by atoms with Crippen LogP contribution in [0.1, 0.15) is 187 Å². The molecular weight excluding hydrogens is 841 g/mol. The number of carbonyl (C=O) groups excluding carboxylic acids is 2. The van der Waals surface area contributed by atoms with E-state index in [1.807, 2.05) is 0 Å². The van der Waals surface area contributed by atoms with E-state index in [0.717, 1.165) is 57.8 Å². The highest BCUT2D eigenvalue weighted by molar-refractivity contribution is 5.70. The summed E-state index contributed by atoms with van der Waals surface area (Å²) >= 11 is 0. The van der Waals surface area contributed by atoms with E-state index in [0.29, 0.717) is 12.8 Å². The summed E-state index contributed by atoms with van der Waals surface area (Å²) in [6, 6.07) is 0. The lowest BCUT2D eigenvalue weighted by Gasteiger charge is -2.42. The number of aliphatic hydroxyl groups is 7. The topological polar surface area (TPSA) is 231 Å². The molecule has 0 aromatic heterocycles. The molecule has 2 heterocycles. The van der Waals surface area contributed by atoms with Crippen molar-refractivity contribution in [1.82, 2.24) is 0 Å². The summed E-state index contributed by atoms with van der Waals surface area (Å²) in [5, 5.41) is 72.0. The van der Waals surface area contributed by atoms with Crippen LogP contribution in [-0.2, 0) is 38.0 Å². The van der Waals surface area contributed by atoms with Gasteiger partial charge in [-0.3, -0.25) is 9.59 Å². The number of esters is 2. The highest BCUT2D eigenvalue weighted by Crippen LogP contribution is 2.26. The molecule has 0 radical (unpaired) electrons. The fourth-order valence-corrected chi connectivity index (χ4v) is 7.95. The Hall–Kier alpha value is -2.02. The Morgan fingerprint density at radius 2 is 0.923 bits per heavy atom. The van der Waals surface area contributed by atoms with Crippen LogP contribution in [0.25, 0.3) is 0 Å². The fraction of sp³-hybridized carbons (Fsp3) is 0.880. The summed E-state index contributed by atoms with van der Waals surface area (Å²) in [7, 11) is 0. The van der Waals surface area contributed by atoms with Crippen molar-refractivity contribution in [2.24, 2.45) is 0 Å². The summed E-state index contributed by atoms with van der Waals surface area (Å²) < 4.78 is 33.5. The smallest absolute Gasteiger partial charge is 0.306 e. The van der Waals surface area contributed by atoms with E-state index in [-0.39, 0.29) is 26.1 Å². The average Bonchev–Trinajstić information content (AvgIpc) is 3.30. The van der Waals surface area contributed by atoms with Crippen LogP contribution >= 0.6 is 0 Å². The molecule has 0 aliphatic carbocycles. The molecule has 15 nitrogen and oxygen atoms in total. The SMILES string of the molecule is CCCCC/C=C/C/C=C/CCCCCCCCCC(=O)OC[C@@H](CO[C@@H]1O[C@H](CO[C@@H]2O[C@H](CO)[C@H](O)C(O)C2O)[C@H](O)C(O)C1O)OC(=O)CCCCCCCCCCCCCC. The van der Waals surface area contributed by atoms with Crippen LogP contribution in [0.3, 0.4) is 0 Å². The van der Waals surface area contributed by atoms with E-state index in [1.165, 1.54) is 89.9 Å². The predicted octanol–water partition coefficient (Wildman–Crippen LogP) is 6.77. The third-order valence-electron chi connectivity index (χ3n) is 12.2. The lowest BCUT2D eigenvalue weighted by atomic mass is 9.98. The van der Waals surface area contributed by atoms with E-state index in [1.54, 1.807) is 0 Å². The Morgan fingerprint density at radius 3 is 1.46 bits per heavy atom. The second-order valence-electron chi connectivity index (χ2n) is 18.0. The highest BCUT2D eigenvalue weighted by Gasteiger charge is 2.47. The van der Waals surface area contributed by atoms with Gasteiger partial charge in [-0.15, -0.1) is 0 Å². The number of unbranched alkanes of at least 4 members (excludes halogenated alkanes) is 21. The summed E-state index contributed by atoms with van der Waals surface area (Å²) in [6.07, 6.45) is 20.6. The zero-order chi connectivity index (χ0) is 47.5. The second-order valence-corrected chi connectivity index (χ2v) is 18.0. The van der Waals surface area contributed by atoms with Crippen molar-refractivity contribution in [2.45, 2.75) is 255 Å². The zero-order valence-electron chi connectivity index (χ0n) is 40.0. The number of ether oxygens (including phenoxy) is 6. The molecule has 0 saturated carbocycles. The number of carbonyl (C=O) groups is 2. The summed E-state index contributed by atoms with van der Waals surface area (Å²) in [5.41, 5.74) is 0. The van der Waals surface area contributed by atoms with Crippen molar-refractivity contribution in [1.29, 1.82) is 0 Å². The zero-order valence-corrected chi connectivity index (χ0v) is 40.0. The van der Waals surface area contributed by atoms with Gasteiger partial charge in [0, 0.05) is 12.8 Å². The maximum absolute atomic E-state index is 13.0. The van der Waals surface area contributed by atoms with Crippen molar-refractivity contribution >= 4 is 11.9 Å². The Bertz CT molecular complexity index is 1230. The van der Waals surface area contributed by atoms with Crippen molar-refractivity contribution < 1.29 is 73.8 Å². The summed E-state index contributed by atoms with van der Waals surface area (Å²) in [5.74, 6) is -0.929. The molecule has 65 heavy (non-hydrogen) atoms. The molecule has 11 atom stereocenters. The number of hydrogen-bond acceptors (Lipinski definition) is 15. The van der Waals surface area contributed by atoms with E-state index < -0.39 is 92.7 Å². The van der Waals surface area contributed by atoms with Crippen LogP contribution in [0.4, 0.5) is 0 Å². The van der Waals surface area contributed by atoms with Crippen LogP contribution in [-0.4, -0.2) is 142 Å². The van der Waals surface area contributed by atoms with Crippen molar-refractivity contribution in [3.8, 4) is 0 Å². The summed E-state index contributed by atoms with van der Waals surface area (Å²) in [4.78, 5) is 25.7. The monoisotopic (exact) mass is 931 g/mol. The minimum absolute atomic E-state index is 0.167. The molecule has 0 spiro atoms. The van der Waals surface area contributed by atoms with Gasteiger partial charge in [0.2, 0.25) is 0 Å². The van der Waals surface area contributed by atoms with Crippen molar-refractivity contribution in [3.05, 3.63) is 24.3 Å². The maximum atomic E-state index is 13.0. The molecule has 15 heteroatoms. The first kappa shape index (κ1) is 59.1. The lowest BCUT2D eigenvalue weighted by Crippen LogP contribution is -2.61. The maximum Gasteiger partial charge on any atom is 0.306 e. The number of aliphatic hydroxyl groups excluding tert-OH is 7. The Labute approximate surface area is 390 Å². The molecule has 2 fully saturated rings. The van der Waals surface area contributed by atoms with Crippen LogP contribution in [0.15, 0.2) is 24.3 Å². The number of allylic oxidation sites excluding steroid dienone is 4. The quantitative estimate of drug-likeness (QED) is 0.0192. The molecule has 0 bridgehead atoms. The first-order valence-corrected chi connectivity index (χ1v) is 25.4. The van der Waals surface area contributed by atoms with E-state index in [2.05, 4.69) is 38.2 Å². The molecule has 2 aliphatic heterocycles. The lowest BCUT2D eigenvalue weighted by molar-refractivity contribution is -0.332. The molecule has 7 N–H and O–H groups in total. The molecule has 0 aromatic carbocycles. The van der Waals surface area contributed by atoms with Crippen molar-refractivity contribution in [3.63, 3.8) is 0 Å². The van der Waals surface area contributed by atoms with Gasteiger partial charge in [0.15, 0.2) is 18.7 Å². The Morgan fingerprint density at radius 1 is 0.492 bits per heavy atom. The summed E-state index contributed by atoms with van der Waals surface area (Å²) in [6.45, 7) is 2.56. The van der Waals surface area contributed by atoms with Gasteiger partial charge in [0.05, 0.1) is 19.8 Å². The van der Waals surface area contributed by atoms with Crippen LogP contribution in [0.5, 0.6) is 0 Å². The van der Waals surface area contributed by atoms with Crippen LogP contribution in [0, 0.1) is 0 Å². The van der Waals surface area contributed by atoms with Gasteiger partial charge in [-0.05, 0) is 44.9 Å². The minimum atomic E-state index is -1.76. The highest BCUT2D eigenvalue weighted by atomic mass is 16.7.